The summed E-state index contributed by atoms with van der Waals surface area (Å²) in [6.07, 6.45) is 3.81. The summed E-state index contributed by atoms with van der Waals surface area (Å²) in [5.41, 5.74) is 2.61. The number of fused-ring (bicyclic) bond motifs is 1. The Bertz CT molecular complexity index is 953. The number of halogens is 2. The molecule has 9 heteroatoms. The highest BCUT2D eigenvalue weighted by atomic mass is 35.5. The molecule has 31 heavy (non-hydrogen) atoms. The number of nitrogens with zero attached hydrogens (tertiary/aromatic N) is 1. The van der Waals surface area contributed by atoms with Crippen LogP contribution in [0.1, 0.15) is 30.4 Å². The van der Waals surface area contributed by atoms with Gasteiger partial charge in [-0.05, 0) is 73.3 Å². The van der Waals surface area contributed by atoms with Crippen LogP contribution in [0.2, 0.25) is 5.02 Å². The van der Waals surface area contributed by atoms with Gasteiger partial charge in [0.2, 0.25) is 10.0 Å². The van der Waals surface area contributed by atoms with Crippen LogP contribution in [0.5, 0.6) is 11.5 Å². The largest absolute Gasteiger partial charge is 0.493 e. The highest BCUT2D eigenvalue weighted by Crippen LogP contribution is 2.33. The van der Waals surface area contributed by atoms with Crippen LogP contribution >= 0.6 is 24.0 Å². The van der Waals surface area contributed by atoms with Crippen molar-refractivity contribution in [3.8, 4) is 11.5 Å². The smallest absolute Gasteiger partial charge is 0.240 e. The standard InChI is InChI=1S/C22H29ClN2O4S.ClH/c1-28-21-14-17-10-13-25(16-18(17)15-22(21)29-2)12-5-3-4-11-24-30(26,27)20-8-6-19(23)7-9-20;/h6-9,14-15,24H,3-5,10-13,16H2,1-2H3;1H. The molecule has 2 aromatic rings. The fraction of sp³-hybridized carbons (Fsp3) is 0.455. The second-order valence-electron chi connectivity index (χ2n) is 7.41. The molecule has 0 radical (unpaired) electrons. The van der Waals surface area contributed by atoms with Crippen molar-refractivity contribution in [2.75, 3.05) is 33.9 Å². The van der Waals surface area contributed by atoms with Gasteiger partial charge in [0, 0.05) is 24.7 Å². The van der Waals surface area contributed by atoms with Gasteiger partial charge in [0.1, 0.15) is 0 Å². The molecule has 0 amide bonds. The minimum Gasteiger partial charge on any atom is -0.493 e. The molecule has 0 atom stereocenters. The Labute approximate surface area is 196 Å². The fourth-order valence-corrected chi connectivity index (χ4v) is 4.87. The zero-order chi connectivity index (χ0) is 21.6. The highest BCUT2D eigenvalue weighted by Gasteiger charge is 2.19. The van der Waals surface area contributed by atoms with Crippen LogP contribution < -0.4 is 14.2 Å². The SMILES string of the molecule is COc1cc2c(cc1OC)CN(CCCCCNS(=O)(=O)c1ccc(Cl)cc1)CC2.Cl. The van der Waals surface area contributed by atoms with Crippen LogP contribution in [-0.2, 0) is 23.0 Å². The first-order valence-corrected chi connectivity index (χ1v) is 12.0. The molecular formula is C22H30Cl2N2O4S. The number of ether oxygens (including phenoxy) is 2. The zero-order valence-electron chi connectivity index (χ0n) is 17.9. The summed E-state index contributed by atoms with van der Waals surface area (Å²) in [5, 5.41) is 0.520. The first-order valence-electron chi connectivity index (χ1n) is 10.1. The van der Waals surface area contributed by atoms with Crippen molar-refractivity contribution in [1.29, 1.82) is 0 Å². The lowest BCUT2D eigenvalue weighted by molar-refractivity contribution is 0.247. The van der Waals surface area contributed by atoms with Crippen LogP contribution in [0, 0.1) is 0 Å². The average Bonchev–Trinajstić information content (AvgIpc) is 2.75. The Morgan fingerprint density at radius 2 is 1.65 bits per heavy atom. The summed E-state index contributed by atoms with van der Waals surface area (Å²) in [6, 6.07) is 10.4. The molecule has 172 valence electrons. The second-order valence-corrected chi connectivity index (χ2v) is 9.62. The third kappa shape index (κ3) is 6.99. The van der Waals surface area contributed by atoms with E-state index in [0.717, 1.165) is 56.8 Å². The molecule has 0 aliphatic carbocycles. The summed E-state index contributed by atoms with van der Waals surface area (Å²) in [7, 11) is -0.151. The topological polar surface area (TPSA) is 67.9 Å². The Morgan fingerprint density at radius 3 is 2.29 bits per heavy atom. The Morgan fingerprint density at radius 1 is 1.00 bits per heavy atom. The number of methoxy groups -OCH3 is 2. The van der Waals surface area contributed by atoms with E-state index in [1.165, 1.54) is 23.3 Å². The number of unbranched alkanes of at least 4 members (excludes halogenated alkanes) is 2. The van der Waals surface area contributed by atoms with E-state index in [0.29, 0.717) is 11.6 Å². The first kappa shape index (κ1) is 25.7. The highest BCUT2D eigenvalue weighted by molar-refractivity contribution is 7.89. The number of nitrogens with one attached hydrogen (secondary N) is 1. The lowest BCUT2D eigenvalue weighted by Gasteiger charge is -2.29. The van der Waals surface area contributed by atoms with Gasteiger partial charge >= 0.3 is 0 Å². The van der Waals surface area contributed by atoms with Gasteiger partial charge in [-0.3, -0.25) is 4.90 Å². The van der Waals surface area contributed by atoms with Gasteiger partial charge in [0.25, 0.3) is 0 Å². The quantitative estimate of drug-likeness (QED) is 0.505. The summed E-state index contributed by atoms with van der Waals surface area (Å²) in [6.45, 7) is 3.35. The predicted octanol–water partition coefficient (Wildman–Crippen LogP) is 4.29. The van der Waals surface area contributed by atoms with Gasteiger partial charge in [-0.1, -0.05) is 18.0 Å². The number of hydrogen-bond acceptors (Lipinski definition) is 5. The molecule has 0 unspecified atom stereocenters. The van der Waals surface area contributed by atoms with E-state index < -0.39 is 10.0 Å². The van der Waals surface area contributed by atoms with Crippen molar-refractivity contribution in [3.05, 3.63) is 52.5 Å². The Kier molecular flexibility index (Phi) is 9.90. The van der Waals surface area contributed by atoms with Crippen LogP contribution in [0.25, 0.3) is 0 Å². The molecule has 0 saturated carbocycles. The fourth-order valence-electron chi connectivity index (χ4n) is 3.67. The molecule has 1 heterocycles. The van der Waals surface area contributed by atoms with E-state index in [9.17, 15) is 8.42 Å². The lowest BCUT2D eigenvalue weighted by Crippen LogP contribution is -2.31. The minimum absolute atomic E-state index is 0. The van der Waals surface area contributed by atoms with E-state index in [4.69, 9.17) is 21.1 Å². The Hall–Kier alpha value is -1.51. The molecule has 1 aliphatic rings. The van der Waals surface area contributed by atoms with E-state index in [2.05, 4.69) is 21.8 Å². The average molecular weight is 489 g/mol. The van der Waals surface area contributed by atoms with Crippen molar-refractivity contribution in [3.63, 3.8) is 0 Å². The monoisotopic (exact) mass is 488 g/mol. The Balaban J connectivity index is 0.00000341. The number of benzene rings is 2. The van der Waals surface area contributed by atoms with E-state index in [-0.39, 0.29) is 17.3 Å². The van der Waals surface area contributed by atoms with E-state index >= 15 is 0 Å². The molecule has 2 aromatic carbocycles. The molecule has 0 aromatic heterocycles. The first-order chi connectivity index (χ1) is 14.4. The van der Waals surface area contributed by atoms with E-state index in [1.807, 2.05) is 0 Å². The molecular weight excluding hydrogens is 459 g/mol. The summed E-state index contributed by atoms with van der Waals surface area (Å²) in [4.78, 5) is 2.68. The molecule has 3 rings (SSSR count). The lowest BCUT2D eigenvalue weighted by atomic mass is 9.98. The van der Waals surface area contributed by atoms with Gasteiger partial charge in [-0.2, -0.15) is 0 Å². The normalized spacial score (nSPS) is 13.9. The molecule has 0 bridgehead atoms. The molecule has 0 saturated heterocycles. The van der Waals surface area contributed by atoms with Crippen molar-refractivity contribution >= 4 is 34.0 Å². The van der Waals surface area contributed by atoms with Gasteiger partial charge in [0.05, 0.1) is 19.1 Å². The second kappa shape index (κ2) is 11.9. The van der Waals surface area contributed by atoms with Crippen LogP contribution in [0.4, 0.5) is 0 Å². The predicted molar refractivity (Wildman–Crippen MR) is 126 cm³/mol. The third-order valence-electron chi connectivity index (χ3n) is 5.36. The number of hydrogen-bond donors (Lipinski definition) is 1. The number of rotatable bonds is 10. The van der Waals surface area contributed by atoms with Gasteiger partial charge in [-0.25, -0.2) is 13.1 Å². The summed E-state index contributed by atoms with van der Waals surface area (Å²) in [5.74, 6) is 1.55. The summed E-state index contributed by atoms with van der Waals surface area (Å²) < 4.78 is 38.0. The maximum Gasteiger partial charge on any atom is 0.240 e. The van der Waals surface area contributed by atoms with Crippen molar-refractivity contribution in [2.24, 2.45) is 0 Å². The van der Waals surface area contributed by atoms with Gasteiger partial charge in [-0.15, -0.1) is 12.4 Å². The van der Waals surface area contributed by atoms with Gasteiger partial charge in [0.15, 0.2) is 11.5 Å². The summed E-state index contributed by atoms with van der Waals surface area (Å²) >= 11 is 5.81. The number of sulfonamides is 1. The maximum absolute atomic E-state index is 12.3. The minimum atomic E-state index is -3.47. The van der Waals surface area contributed by atoms with Gasteiger partial charge < -0.3 is 9.47 Å². The van der Waals surface area contributed by atoms with Crippen LogP contribution in [0.15, 0.2) is 41.3 Å². The van der Waals surface area contributed by atoms with Crippen LogP contribution in [0.3, 0.4) is 0 Å². The molecule has 0 fully saturated rings. The zero-order valence-corrected chi connectivity index (χ0v) is 20.3. The molecule has 1 N–H and O–H groups in total. The third-order valence-corrected chi connectivity index (χ3v) is 7.09. The van der Waals surface area contributed by atoms with E-state index in [1.54, 1.807) is 26.4 Å². The van der Waals surface area contributed by atoms with Crippen molar-refractivity contribution in [1.82, 2.24) is 9.62 Å². The molecule has 0 spiro atoms. The van der Waals surface area contributed by atoms with Crippen molar-refractivity contribution < 1.29 is 17.9 Å². The molecule has 6 nitrogen and oxygen atoms in total. The van der Waals surface area contributed by atoms with Crippen LogP contribution in [-0.4, -0.2) is 47.2 Å². The molecule has 1 aliphatic heterocycles. The maximum atomic E-state index is 12.3. The van der Waals surface area contributed by atoms with Crippen molar-refractivity contribution in [2.45, 2.75) is 37.1 Å².